The second-order valence-corrected chi connectivity index (χ2v) is 6.80. The number of nitrogens with zero attached hydrogens (tertiary/aromatic N) is 3. The van der Waals surface area contributed by atoms with E-state index in [2.05, 4.69) is 15.2 Å². The van der Waals surface area contributed by atoms with E-state index in [0.29, 0.717) is 19.4 Å². The molecule has 0 aliphatic heterocycles. The number of nitrogens with two attached hydrogens (primary N) is 1. The number of hydrogen-bond acceptors (Lipinski definition) is 8. The van der Waals surface area contributed by atoms with Gasteiger partial charge in [0, 0.05) is 5.38 Å². The van der Waals surface area contributed by atoms with E-state index in [1.165, 1.54) is 34.4 Å². The van der Waals surface area contributed by atoms with Gasteiger partial charge in [-0.15, -0.1) is 21.5 Å². The molecule has 2 aromatic heterocycles. The fraction of sp³-hybridized carbons (Fsp3) is 0.222. The third kappa shape index (κ3) is 4.26. The summed E-state index contributed by atoms with van der Waals surface area (Å²) in [5.41, 5.74) is 5.58. The first-order valence-corrected chi connectivity index (χ1v) is 7.49. The van der Waals surface area contributed by atoms with Gasteiger partial charge in [0.25, 0.3) is 0 Å². The third-order valence-electron chi connectivity index (χ3n) is 1.81. The zero-order valence-electron chi connectivity index (χ0n) is 9.40. The van der Waals surface area contributed by atoms with E-state index in [0.717, 1.165) is 0 Å². The molecule has 2 rings (SSSR count). The van der Waals surface area contributed by atoms with Crippen LogP contribution in [-0.2, 0) is 22.4 Å². The van der Waals surface area contributed by atoms with Gasteiger partial charge in [0.15, 0.2) is 8.68 Å². The van der Waals surface area contributed by atoms with E-state index in [-0.39, 0.29) is 12.8 Å². The molecule has 0 atom stereocenters. The molecule has 1 amide bonds. The van der Waals surface area contributed by atoms with Crippen molar-refractivity contribution >= 4 is 46.3 Å². The Morgan fingerprint density at radius 1 is 1.32 bits per heavy atom. The van der Waals surface area contributed by atoms with Gasteiger partial charge in [0.1, 0.15) is 5.01 Å². The quantitative estimate of drug-likeness (QED) is 0.809. The first-order valence-electron chi connectivity index (χ1n) is 4.97. The lowest BCUT2D eigenvalue weighted by atomic mass is 10.3. The number of carbonyl (C=O) groups excluding carboxylic acids is 1. The van der Waals surface area contributed by atoms with E-state index in [9.17, 15) is 9.59 Å². The third-order valence-corrected chi connectivity index (χ3v) is 4.77. The zero-order valence-corrected chi connectivity index (χ0v) is 11.8. The smallest absolute Gasteiger partial charge is 0.309 e. The van der Waals surface area contributed by atoms with E-state index in [1.54, 1.807) is 5.38 Å². The van der Waals surface area contributed by atoms with E-state index < -0.39 is 11.9 Å². The number of amides is 1. The molecule has 0 aromatic carbocycles. The number of hydrogen-bond donors (Lipinski definition) is 2. The molecule has 0 aliphatic carbocycles. The van der Waals surface area contributed by atoms with Gasteiger partial charge in [0.2, 0.25) is 5.91 Å². The number of carbonyl (C=O) groups is 2. The number of primary amides is 1. The van der Waals surface area contributed by atoms with Crippen LogP contribution in [0.3, 0.4) is 0 Å². The minimum atomic E-state index is -0.915. The van der Waals surface area contributed by atoms with Crippen molar-refractivity contribution in [1.82, 2.24) is 15.2 Å². The Labute approximate surface area is 119 Å². The lowest BCUT2D eigenvalue weighted by molar-refractivity contribution is -0.136. The van der Waals surface area contributed by atoms with Crippen molar-refractivity contribution in [2.24, 2.45) is 5.73 Å². The van der Waals surface area contributed by atoms with Crippen LogP contribution in [0.15, 0.2) is 14.1 Å². The molecule has 3 N–H and O–H groups in total. The molecule has 2 aromatic rings. The van der Waals surface area contributed by atoms with Crippen molar-refractivity contribution in [1.29, 1.82) is 0 Å². The molecule has 10 heteroatoms. The monoisotopic (exact) mass is 316 g/mol. The summed E-state index contributed by atoms with van der Waals surface area (Å²) in [6.45, 7) is 0. The highest BCUT2D eigenvalue weighted by molar-refractivity contribution is 8.02. The average molecular weight is 316 g/mol. The Bertz CT molecular complexity index is 557. The van der Waals surface area contributed by atoms with Crippen LogP contribution in [0, 0.1) is 0 Å². The number of carboxylic acids is 1. The Balaban J connectivity index is 2.00. The topological polar surface area (TPSA) is 119 Å². The minimum absolute atomic E-state index is 0.0698. The minimum Gasteiger partial charge on any atom is -0.481 e. The van der Waals surface area contributed by atoms with Gasteiger partial charge in [0.05, 0.1) is 18.5 Å². The Kier molecular flexibility index (Phi) is 4.45. The molecule has 0 fully saturated rings. The average Bonchev–Trinajstić information content (AvgIpc) is 2.88. The van der Waals surface area contributed by atoms with Crippen LogP contribution in [-0.4, -0.2) is 32.2 Å². The predicted octanol–water partition coefficient (Wildman–Crippen LogP) is 0.801. The highest BCUT2D eigenvalue weighted by Crippen LogP contribution is 2.32. The van der Waals surface area contributed by atoms with Crippen LogP contribution in [0.4, 0.5) is 0 Å². The molecule has 0 aliphatic rings. The number of thiazole rings is 1. The largest absolute Gasteiger partial charge is 0.481 e. The SMILES string of the molecule is NC(=O)Cc1nnc(Sc2nc(CC(=O)O)cs2)s1. The van der Waals surface area contributed by atoms with Crippen molar-refractivity contribution in [3.8, 4) is 0 Å². The molecule has 100 valence electrons. The molecule has 0 radical (unpaired) electrons. The van der Waals surface area contributed by atoms with Gasteiger partial charge in [-0.3, -0.25) is 9.59 Å². The van der Waals surface area contributed by atoms with Crippen LogP contribution in [0.1, 0.15) is 10.7 Å². The number of rotatable bonds is 6. The molecule has 2 heterocycles. The molecule has 0 saturated heterocycles. The highest BCUT2D eigenvalue weighted by atomic mass is 32.2. The van der Waals surface area contributed by atoms with Crippen LogP contribution < -0.4 is 5.73 Å². The molecule has 0 unspecified atom stereocenters. The first-order chi connectivity index (χ1) is 9.02. The standard InChI is InChI=1S/C9H8N4O3S3/c10-5(14)2-6-12-13-9(18-6)19-8-11-4(3-17-8)1-7(15)16/h3H,1-2H2,(H2,10,14)(H,15,16). The maximum absolute atomic E-state index is 10.7. The van der Waals surface area contributed by atoms with Crippen molar-refractivity contribution < 1.29 is 14.7 Å². The van der Waals surface area contributed by atoms with Crippen LogP contribution in [0.5, 0.6) is 0 Å². The fourth-order valence-corrected chi connectivity index (χ4v) is 4.09. The lowest BCUT2D eigenvalue weighted by Crippen LogP contribution is -2.13. The van der Waals surface area contributed by atoms with Crippen molar-refractivity contribution in [3.63, 3.8) is 0 Å². The molecule has 7 nitrogen and oxygen atoms in total. The van der Waals surface area contributed by atoms with Crippen LogP contribution in [0.2, 0.25) is 0 Å². The molecule has 19 heavy (non-hydrogen) atoms. The maximum atomic E-state index is 10.7. The second-order valence-electron chi connectivity index (χ2n) is 3.38. The fourth-order valence-electron chi connectivity index (χ4n) is 1.15. The maximum Gasteiger partial charge on any atom is 0.309 e. The van der Waals surface area contributed by atoms with Crippen molar-refractivity contribution in [3.05, 3.63) is 16.1 Å². The van der Waals surface area contributed by atoms with E-state index in [4.69, 9.17) is 10.8 Å². The van der Waals surface area contributed by atoms with Gasteiger partial charge < -0.3 is 10.8 Å². The predicted molar refractivity (Wildman–Crippen MR) is 70.4 cm³/mol. The molecule has 0 saturated carbocycles. The molecule has 0 spiro atoms. The Morgan fingerprint density at radius 3 is 2.79 bits per heavy atom. The Morgan fingerprint density at radius 2 is 2.11 bits per heavy atom. The lowest BCUT2D eigenvalue weighted by Gasteiger charge is -1.89. The van der Waals surface area contributed by atoms with Gasteiger partial charge in [-0.2, -0.15) is 0 Å². The van der Waals surface area contributed by atoms with Crippen molar-refractivity contribution in [2.75, 3.05) is 0 Å². The molecular weight excluding hydrogens is 308 g/mol. The molecular formula is C9H8N4O3S3. The summed E-state index contributed by atoms with van der Waals surface area (Å²) in [7, 11) is 0. The number of aliphatic carboxylic acids is 1. The van der Waals surface area contributed by atoms with Gasteiger partial charge in [-0.1, -0.05) is 11.3 Å². The van der Waals surface area contributed by atoms with Gasteiger partial charge in [-0.25, -0.2) is 4.98 Å². The number of aromatic nitrogens is 3. The molecule has 0 bridgehead atoms. The zero-order chi connectivity index (χ0) is 13.8. The van der Waals surface area contributed by atoms with Crippen LogP contribution in [0.25, 0.3) is 0 Å². The summed E-state index contributed by atoms with van der Waals surface area (Å²) in [6.07, 6.45) is -0.0273. The van der Waals surface area contributed by atoms with Gasteiger partial charge in [-0.05, 0) is 11.8 Å². The Hall–Kier alpha value is -1.52. The van der Waals surface area contributed by atoms with Crippen LogP contribution >= 0.6 is 34.4 Å². The normalized spacial score (nSPS) is 10.5. The summed E-state index contributed by atoms with van der Waals surface area (Å²) in [5, 5.41) is 18.6. The summed E-state index contributed by atoms with van der Waals surface area (Å²) < 4.78 is 1.34. The number of carboxylic acid groups (broad SMARTS) is 1. The van der Waals surface area contributed by atoms with E-state index in [1.807, 2.05) is 0 Å². The van der Waals surface area contributed by atoms with Gasteiger partial charge >= 0.3 is 5.97 Å². The van der Waals surface area contributed by atoms with Crippen molar-refractivity contribution in [2.45, 2.75) is 21.5 Å². The summed E-state index contributed by atoms with van der Waals surface area (Å²) >= 11 is 3.91. The summed E-state index contributed by atoms with van der Waals surface area (Å²) in [6, 6.07) is 0. The first kappa shape index (κ1) is 13.9. The van der Waals surface area contributed by atoms with E-state index >= 15 is 0 Å². The summed E-state index contributed by atoms with van der Waals surface area (Å²) in [5.74, 6) is -1.37. The summed E-state index contributed by atoms with van der Waals surface area (Å²) in [4.78, 5) is 25.4. The highest BCUT2D eigenvalue weighted by Gasteiger charge is 2.11. The second kappa shape index (κ2) is 6.08.